The third kappa shape index (κ3) is 1.29. The molecule has 0 saturated carbocycles. The molecule has 0 saturated heterocycles. The van der Waals surface area contributed by atoms with Crippen molar-refractivity contribution in [2.45, 2.75) is 12.3 Å². The molecule has 6 rings (SSSR count). The summed E-state index contributed by atoms with van der Waals surface area (Å²) in [5, 5.41) is 0. The summed E-state index contributed by atoms with van der Waals surface area (Å²) in [6, 6.07) is 10.9. The van der Waals surface area contributed by atoms with Crippen molar-refractivity contribution in [3.05, 3.63) is 53.1 Å². The Morgan fingerprint density at radius 2 is 0.962 bits per heavy atom. The summed E-state index contributed by atoms with van der Waals surface area (Å²) in [7, 11) is 0. The lowest BCUT2D eigenvalue weighted by Gasteiger charge is -2.46. The number of hydrogen-bond donors (Lipinski definition) is 3. The second-order valence-electron chi connectivity index (χ2n) is 7.00. The molecule has 6 N–H and O–H groups in total. The molecule has 0 bridgehead atoms. The van der Waals surface area contributed by atoms with Crippen LogP contribution in [-0.4, -0.2) is 0 Å². The summed E-state index contributed by atoms with van der Waals surface area (Å²) in [4.78, 5) is 0. The zero-order valence-electron chi connectivity index (χ0n) is 13.9. The average molecular weight is 345 g/mol. The predicted molar refractivity (Wildman–Crippen MR) is 98.3 cm³/mol. The van der Waals surface area contributed by atoms with E-state index < -0.39 is 5.41 Å². The van der Waals surface area contributed by atoms with Crippen LogP contribution in [-0.2, 0) is 5.41 Å². The molecule has 0 radical (unpaired) electrons. The maximum absolute atomic E-state index is 6.24. The van der Waals surface area contributed by atoms with E-state index in [9.17, 15) is 0 Å². The zero-order valence-corrected chi connectivity index (χ0v) is 13.9. The second kappa shape index (κ2) is 3.99. The van der Waals surface area contributed by atoms with Crippen LogP contribution in [0.25, 0.3) is 0 Å². The van der Waals surface area contributed by atoms with Crippen LogP contribution in [0.3, 0.4) is 0 Å². The molecule has 3 aromatic rings. The number of nitrogen functional groups attached to an aromatic ring is 3. The summed E-state index contributed by atoms with van der Waals surface area (Å²) in [6.45, 7) is 2.12. The SMILES string of the molecule is C[C@@]12c3c4ccc(N)c3Oc3ccc(N)c(c31)Oc1c(N)ccc(c12)O4. The third-order valence-corrected chi connectivity index (χ3v) is 5.59. The third-order valence-electron chi connectivity index (χ3n) is 5.59. The van der Waals surface area contributed by atoms with Crippen LogP contribution in [0.2, 0.25) is 0 Å². The van der Waals surface area contributed by atoms with Crippen molar-refractivity contribution in [3.8, 4) is 34.5 Å². The van der Waals surface area contributed by atoms with Gasteiger partial charge in [-0.05, 0) is 43.3 Å². The molecule has 3 aliphatic heterocycles. The summed E-state index contributed by atoms with van der Waals surface area (Å²) in [5.74, 6) is 3.84. The fourth-order valence-electron chi connectivity index (χ4n) is 4.45. The van der Waals surface area contributed by atoms with Crippen molar-refractivity contribution in [1.82, 2.24) is 0 Å². The Bertz CT molecular complexity index is 1130. The van der Waals surface area contributed by atoms with Crippen LogP contribution in [0, 0.1) is 0 Å². The molecule has 6 nitrogen and oxygen atoms in total. The molecule has 0 fully saturated rings. The lowest BCUT2D eigenvalue weighted by atomic mass is 9.65. The average Bonchev–Trinajstić information content (AvgIpc) is 2.62. The molecule has 128 valence electrons. The topological polar surface area (TPSA) is 106 Å². The highest BCUT2D eigenvalue weighted by Crippen LogP contribution is 2.68. The van der Waals surface area contributed by atoms with Crippen LogP contribution in [0.4, 0.5) is 17.1 Å². The van der Waals surface area contributed by atoms with Crippen LogP contribution in [0.15, 0.2) is 36.4 Å². The van der Waals surface area contributed by atoms with Crippen molar-refractivity contribution in [2.24, 2.45) is 0 Å². The van der Waals surface area contributed by atoms with Crippen molar-refractivity contribution < 1.29 is 14.2 Å². The van der Waals surface area contributed by atoms with Gasteiger partial charge in [-0.15, -0.1) is 0 Å². The van der Waals surface area contributed by atoms with Gasteiger partial charge in [0.2, 0.25) is 0 Å². The first-order valence-electron chi connectivity index (χ1n) is 8.32. The Balaban J connectivity index is 1.86. The van der Waals surface area contributed by atoms with Crippen molar-refractivity contribution in [1.29, 1.82) is 0 Å². The Hall–Kier alpha value is -3.54. The first-order chi connectivity index (χ1) is 12.5. The molecule has 3 aliphatic rings. The molecular weight excluding hydrogens is 330 g/mol. The van der Waals surface area contributed by atoms with Crippen LogP contribution in [0.5, 0.6) is 34.5 Å². The molecule has 0 amide bonds. The molecular formula is C20H15N3O3. The number of nitrogens with two attached hydrogens (primary N) is 3. The number of rotatable bonds is 0. The minimum atomic E-state index is -0.588. The summed E-state index contributed by atoms with van der Waals surface area (Å²) in [6.07, 6.45) is 0. The van der Waals surface area contributed by atoms with E-state index in [1.807, 2.05) is 18.2 Å². The van der Waals surface area contributed by atoms with Gasteiger partial charge in [-0.1, -0.05) is 0 Å². The molecule has 3 aromatic carbocycles. The number of hydrogen-bond acceptors (Lipinski definition) is 6. The van der Waals surface area contributed by atoms with Gasteiger partial charge in [-0.3, -0.25) is 0 Å². The Morgan fingerprint density at radius 1 is 0.577 bits per heavy atom. The quantitative estimate of drug-likeness (QED) is 0.414. The largest absolute Gasteiger partial charge is 0.456 e. The second-order valence-corrected chi connectivity index (χ2v) is 7.00. The lowest BCUT2D eigenvalue weighted by Crippen LogP contribution is -2.36. The van der Waals surface area contributed by atoms with Crippen LogP contribution < -0.4 is 31.4 Å². The summed E-state index contributed by atoms with van der Waals surface area (Å²) in [5.41, 5.74) is 22.4. The van der Waals surface area contributed by atoms with Gasteiger partial charge in [0.05, 0.1) is 39.2 Å². The van der Waals surface area contributed by atoms with Crippen LogP contribution >= 0.6 is 0 Å². The Morgan fingerprint density at radius 3 is 1.42 bits per heavy atom. The van der Waals surface area contributed by atoms with Gasteiger partial charge in [0.1, 0.15) is 17.2 Å². The van der Waals surface area contributed by atoms with E-state index in [0.717, 1.165) is 16.7 Å². The van der Waals surface area contributed by atoms with E-state index in [0.29, 0.717) is 51.6 Å². The molecule has 0 spiro atoms. The van der Waals surface area contributed by atoms with E-state index >= 15 is 0 Å². The van der Waals surface area contributed by atoms with Gasteiger partial charge in [0.25, 0.3) is 0 Å². The lowest BCUT2D eigenvalue weighted by molar-refractivity contribution is 0.340. The monoisotopic (exact) mass is 345 g/mol. The van der Waals surface area contributed by atoms with E-state index in [2.05, 4.69) is 6.92 Å². The van der Waals surface area contributed by atoms with Gasteiger partial charge in [-0.2, -0.15) is 0 Å². The summed E-state index contributed by atoms with van der Waals surface area (Å²) >= 11 is 0. The maximum atomic E-state index is 6.24. The number of ether oxygens (including phenoxy) is 3. The fraction of sp³-hybridized carbons (Fsp3) is 0.100. The Kier molecular flexibility index (Phi) is 2.10. The molecule has 0 aromatic heterocycles. The van der Waals surface area contributed by atoms with Gasteiger partial charge in [0, 0.05) is 0 Å². The van der Waals surface area contributed by atoms with Crippen molar-refractivity contribution in [3.63, 3.8) is 0 Å². The van der Waals surface area contributed by atoms with Gasteiger partial charge in [0.15, 0.2) is 17.2 Å². The predicted octanol–water partition coefficient (Wildman–Crippen LogP) is 4.10. The highest BCUT2D eigenvalue weighted by Gasteiger charge is 2.53. The van der Waals surface area contributed by atoms with E-state index in [4.69, 9.17) is 31.4 Å². The van der Waals surface area contributed by atoms with Crippen molar-refractivity contribution >= 4 is 17.1 Å². The maximum Gasteiger partial charge on any atom is 0.158 e. The molecule has 6 heteroatoms. The number of anilines is 3. The minimum Gasteiger partial charge on any atom is -0.456 e. The zero-order chi connectivity index (χ0) is 17.8. The smallest absolute Gasteiger partial charge is 0.158 e. The molecule has 26 heavy (non-hydrogen) atoms. The van der Waals surface area contributed by atoms with Gasteiger partial charge >= 0.3 is 0 Å². The molecule has 0 aliphatic carbocycles. The highest BCUT2D eigenvalue weighted by atomic mass is 16.5. The fourth-order valence-corrected chi connectivity index (χ4v) is 4.45. The van der Waals surface area contributed by atoms with Crippen LogP contribution in [0.1, 0.15) is 23.6 Å². The Labute approximate surface area is 149 Å². The van der Waals surface area contributed by atoms with E-state index in [1.54, 1.807) is 18.2 Å². The molecule has 3 heterocycles. The van der Waals surface area contributed by atoms with Crippen molar-refractivity contribution in [2.75, 3.05) is 17.2 Å². The number of benzene rings is 3. The first kappa shape index (κ1) is 13.7. The van der Waals surface area contributed by atoms with E-state index in [1.165, 1.54) is 0 Å². The van der Waals surface area contributed by atoms with E-state index in [-0.39, 0.29) is 0 Å². The normalized spacial score (nSPS) is 19.7. The first-order valence-corrected chi connectivity index (χ1v) is 8.32. The standard InChI is InChI=1S/C20H15N3O3/c1-20-14-11-5-2-8(21)17(14)25-13-7-4-10(23)19(16(13)20)26-18-9(22)3-6-12(24-11)15(18)20/h2-7H,21-23H2,1H3/t20-/m0/s1. The highest BCUT2D eigenvalue weighted by molar-refractivity contribution is 5.85. The van der Waals surface area contributed by atoms with Gasteiger partial charge < -0.3 is 31.4 Å². The molecule has 0 unspecified atom stereocenters. The minimum absolute atomic E-state index is 0.532. The molecule has 1 atom stereocenters. The summed E-state index contributed by atoms with van der Waals surface area (Å²) < 4.78 is 18.5. The van der Waals surface area contributed by atoms with Gasteiger partial charge in [-0.25, -0.2) is 0 Å².